The zero-order valence-electron chi connectivity index (χ0n) is 12.5. The summed E-state index contributed by atoms with van der Waals surface area (Å²) in [5.74, 6) is -1.21. The number of hydrogen-bond donors (Lipinski definition) is 2. The molecule has 4 aromatic rings. The smallest absolute Gasteiger partial charge is 0.159 e. The number of H-pyrrole nitrogens is 2. The molecule has 7 heteroatoms. The average Bonchev–Trinajstić information content (AvgIpc) is 3.17. The molecule has 0 bridgehead atoms. The summed E-state index contributed by atoms with van der Waals surface area (Å²) in [4.78, 5) is 7.67. The Kier molecular flexibility index (Phi) is 3.35. The summed E-state index contributed by atoms with van der Waals surface area (Å²) >= 11 is 6.11. The first kappa shape index (κ1) is 14.8. The molecule has 2 aromatic carbocycles. The first-order valence-corrected chi connectivity index (χ1v) is 7.56. The Morgan fingerprint density at radius 1 is 1.04 bits per heavy atom. The second-order valence-electron chi connectivity index (χ2n) is 5.50. The number of aryl methyl sites for hydroxylation is 1. The van der Waals surface area contributed by atoms with Gasteiger partial charge in [0.05, 0.1) is 16.7 Å². The molecular formula is C17H11ClF2N4. The van der Waals surface area contributed by atoms with Crippen molar-refractivity contribution in [2.24, 2.45) is 0 Å². The van der Waals surface area contributed by atoms with E-state index in [1.807, 2.05) is 13.0 Å². The quantitative estimate of drug-likeness (QED) is 0.545. The lowest BCUT2D eigenvalue weighted by Crippen LogP contribution is -1.85. The van der Waals surface area contributed by atoms with E-state index >= 15 is 0 Å². The molecule has 0 saturated carbocycles. The van der Waals surface area contributed by atoms with Gasteiger partial charge < -0.3 is 4.98 Å². The van der Waals surface area contributed by atoms with Crippen molar-refractivity contribution < 1.29 is 8.78 Å². The van der Waals surface area contributed by atoms with E-state index in [9.17, 15) is 8.78 Å². The van der Waals surface area contributed by atoms with E-state index in [2.05, 4.69) is 20.2 Å². The van der Waals surface area contributed by atoms with Crippen LogP contribution in [0.15, 0.2) is 36.4 Å². The van der Waals surface area contributed by atoms with Crippen LogP contribution in [0, 0.1) is 18.6 Å². The largest absolute Gasteiger partial charge is 0.337 e. The van der Waals surface area contributed by atoms with Gasteiger partial charge in [-0.25, -0.2) is 13.8 Å². The maximum absolute atomic E-state index is 13.4. The topological polar surface area (TPSA) is 57.4 Å². The van der Waals surface area contributed by atoms with Gasteiger partial charge in [-0.15, -0.1) is 0 Å². The van der Waals surface area contributed by atoms with Gasteiger partial charge in [-0.05, 0) is 48.9 Å². The molecule has 2 heterocycles. The van der Waals surface area contributed by atoms with Gasteiger partial charge in [-0.1, -0.05) is 11.6 Å². The number of aromatic nitrogens is 4. The van der Waals surface area contributed by atoms with Gasteiger partial charge in [0.25, 0.3) is 0 Å². The molecule has 0 spiro atoms. The van der Waals surface area contributed by atoms with E-state index in [0.717, 1.165) is 28.7 Å². The summed E-state index contributed by atoms with van der Waals surface area (Å²) in [5.41, 5.74) is 4.16. The first-order chi connectivity index (χ1) is 11.5. The van der Waals surface area contributed by atoms with Gasteiger partial charge in [-0.2, -0.15) is 5.10 Å². The van der Waals surface area contributed by atoms with Crippen LogP contribution < -0.4 is 0 Å². The van der Waals surface area contributed by atoms with E-state index in [1.165, 1.54) is 6.07 Å². The minimum absolute atomic E-state index is 0.478. The molecule has 0 atom stereocenters. The van der Waals surface area contributed by atoms with Crippen molar-refractivity contribution in [3.05, 3.63) is 58.6 Å². The molecule has 0 aliphatic rings. The van der Waals surface area contributed by atoms with Crippen LogP contribution in [-0.2, 0) is 0 Å². The standard InChI is InChI=1S/C17H11ClF2N4/c1-8-4-14-15(6-10(8)18)22-17(21-14)16-7-13(23-24-16)9-2-3-11(19)12(20)5-9/h2-7H,1H3,(H,21,22)(H,23,24). The molecule has 0 saturated heterocycles. The molecule has 2 aromatic heterocycles. The molecule has 0 aliphatic carbocycles. The Morgan fingerprint density at radius 2 is 1.88 bits per heavy atom. The second kappa shape index (κ2) is 5.42. The number of nitrogens with one attached hydrogen (secondary N) is 2. The molecule has 0 aliphatic heterocycles. The number of rotatable bonds is 2. The van der Waals surface area contributed by atoms with Crippen molar-refractivity contribution in [1.82, 2.24) is 20.2 Å². The Balaban J connectivity index is 1.75. The molecule has 2 N–H and O–H groups in total. The summed E-state index contributed by atoms with van der Waals surface area (Å²) in [6.07, 6.45) is 0. The van der Waals surface area contributed by atoms with Crippen molar-refractivity contribution in [2.45, 2.75) is 6.92 Å². The van der Waals surface area contributed by atoms with Crippen LogP contribution in [-0.4, -0.2) is 20.2 Å². The Morgan fingerprint density at radius 3 is 2.67 bits per heavy atom. The fourth-order valence-electron chi connectivity index (χ4n) is 2.51. The third-order valence-corrected chi connectivity index (χ3v) is 4.22. The number of benzene rings is 2. The summed E-state index contributed by atoms with van der Waals surface area (Å²) in [6, 6.07) is 9.08. The van der Waals surface area contributed by atoms with E-state index in [-0.39, 0.29) is 0 Å². The van der Waals surface area contributed by atoms with E-state index in [4.69, 9.17) is 11.6 Å². The van der Waals surface area contributed by atoms with Crippen LogP contribution >= 0.6 is 11.6 Å². The Labute approximate surface area is 140 Å². The third kappa shape index (κ3) is 2.45. The van der Waals surface area contributed by atoms with E-state index in [1.54, 1.807) is 12.1 Å². The predicted octanol–water partition coefficient (Wildman–Crippen LogP) is 4.86. The zero-order valence-corrected chi connectivity index (χ0v) is 13.2. The fourth-order valence-corrected chi connectivity index (χ4v) is 2.67. The number of nitrogens with zero attached hydrogens (tertiary/aromatic N) is 2. The minimum Gasteiger partial charge on any atom is -0.337 e. The zero-order chi connectivity index (χ0) is 16.8. The van der Waals surface area contributed by atoms with Crippen molar-refractivity contribution in [2.75, 3.05) is 0 Å². The van der Waals surface area contributed by atoms with Crippen molar-refractivity contribution in [1.29, 1.82) is 0 Å². The van der Waals surface area contributed by atoms with Gasteiger partial charge in [0.1, 0.15) is 5.69 Å². The molecular weight excluding hydrogens is 334 g/mol. The van der Waals surface area contributed by atoms with Crippen LogP contribution in [0.3, 0.4) is 0 Å². The average molecular weight is 345 g/mol. The Hall–Kier alpha value is -2.73. The number of aromatic amines is 2. The maximum Gasteiger partial charge on any atom is 0.159 e. The summed E-state index contributed by atoms with van der Waals surface area (Å²) in [7, 11) is 0. The van der Waals surface area contributed by atoms with Crippen LogP contribution in [0.4, 0.5) is 8.78 Å². The summed E-state index contributed by atoms with van der Waals surface area (Å²) in [6.45, 7) is 1.92. The molecule has 0 fully saturated rings. The highest BCUT2D eigenvalue weighted by Gasteiger charge is 2.12. The number of imidazole rings is 1. The molecule has 4 nitrogen and oxygen atoms in total. The van der Waals surface area contributed by atoms with Crippen molar-refractivity contribution >= 4 is 22.6 Å². The van der Waals surface area contributed by atoms with Crippen molar-refractivity contribution in [3.63, 3.8) is 0 Å². The number of fused-ring (bicyclic) bond motifs is 1. The molecule has 4 rings (SSSR count). The van der Waals surface area contributed by atoms with E-state index < -0.39 is 11.6 Å². The summed E-state index contributed by atoms with van der Waals surface area (Å²) < 4.78 is 26.4. The van der Waals surface area contributed by atoms with Crippen LogP contribution in [0.2, 0.25) is 5.02 Å². The van der Waals surface area contributed by atoms with Gasteiger partial charge >= 0.3 is 0 Å². The van der Waals surface area contributed by atoms with Crippen LogP contribution in [0.5, 0.6) is 0 Å². The molecule has 0 unspecified atom stereocenters. The second-order valence-corrected chi connectivity index (χ2v) is 5.91. The number of hydrogen-bond acceptors (Lipinski definition) is 2. The van der Waals surface area contributed by atoms with E-state index in [0.29, 0.717) is 27.8 Å². The fraction of sp³-hybridized carbons (Fsp3) is 0.0588. The number of halogens is 3. The minimum atomic E-state index is -0.911. The monoisotopic (exact) mass is 344 g/mol. The summed E-state index contributed by atoms with van der Waals surface area (Å²) in [5, 5.41) is 7.64. The van der Waals surface area contributed by atoms with Gasteiger partial charge in [0, 0.05) is 10.6 Å². The molecule has 0 radical (unpaired) electrons. The predicted molar refractivity (Wildman–Crippen MR) is 88.8 cm³/mol. The maximum atomic E-state index is 13.4. The van der Waals surface area contributed by atoms with Gasteiger partial charge in [0.15, 0.2) is 17.5 Å². The SMILES string of the molecule is Cc1cc2[nH]c(-c3cc(-c4ccc(F)c(F)c4)n[nH]3)nc2cc1Cl. The van der Waals surface area contributed by atoms with Gasteiger partial charge in [0.2, 0.25) is 0 Å². The lowest BCUT2D eigenvalue weighted by Gasteiger charge is -1.96. The molecule has 24 heavy (non-hydrogen) atoms. The van der Waals surface area contributed by atoms with Gasteiger partial charge in [-0.3, -0.25) is 5.10 Å². The van der Waals surface area contributed by atoms with Crippen molar-refractivity contribution in [3.8, 4) is 22.8 Å². The highest BCUT2D eigenvalue weighted by molar-refractivity contribution is 6.32. The first-order valence-electron chi connectivity index (χ1n) is 7.18. The molecule has 0 amide bonds. The highest BCUT2D eigenvalue weighted by atomic mass is 35.5. The normalized spacial score (nSPS) is 11.3. The highest BCUT2D eigenvalue weighted by Crippen LogP contribution is 2.27. The lowest BCUT2D eigenvalue weighted by atomic mass is 10.1. The lowest BCUT2D eigenvalue weighted by molar-refractivity contribution is 0.509. The van der Waals surface area contributed by atoms with Crippen LogP contribution in [0.25, 0.3) is 33.8 Å². The van der Waals surface area contributed by atoms with Crippen LogP contribution in [0.1, 0.15) is 5.56 Å². The molecule has 120 valence electrons. The third-order valence-electron chi connectivity index (χ3n) is 3.81. The Bertz CT molecular complexity index is 1030.